The third kappa shape index (κ3) is 5.66. The number of nitrogens with zero attached hydrogens (tertiary/aromatic N) is 4. The molecule has 3 rings (SSSR count). The minimum atomic E-state index is 0.0285. The van der Waals surface area contributed by atoms with Crippen molar-refractivity contribution in [3.8, 4) is 11.4 Å². The lowest BCUT2D eigenvalue weighted by atomic mass is 10.2. The summed E-state index contributed by atoms with van der Waals surface area (Å²) in [7, 11) is 0. The van der Waals surface area contributed by atoms with Crippen LogP contribution in [0.1, 0.15) is 31.7 Å². The molecule has 7 heteroatoms. The lowest BCUT2D eigenvalue weighted by Crippen LogP contribution is -2.26. The van der Waals surface area contributed by atoms with Crippen LogP contribution in [0, 0.1) is 0 Å². The van der Waals surface area contributed by atoms with E-state index < -0.39 is 0 Å². The zero-order chi connectivity index (χ0) is 19.6. The fourth-order valence-corrected chi connectivity index (χ4v) is 3.57. The molecular weight excluding hydrogens is 370 g/mol. The highest BCUT2D eigenvalue weighted by atomic mass is 32.2. The first-order valence-electron chi connectivity index (χ1n) is 9.55. The van der Waals surface area contributed by atoms with Crippen molar-refractivity contribution in [2.24, 2.45) is 0 Å². The Morgan fingerprint density at radius 3 is 2.61 bits per heavy atom. The molecule has 0 saturated heterocycles. The van der Waals surface area contributed by atoms with Crippen molar-refractivity contribution in [3.63, 3.8) is 0 Å². The molecule has 2 aromatic heterocycles. The van der Waals surface area contributed by atoms with E-state index in [1.807, 2.05) is 30.3 Å². The number of aromatic nitrogens is 4. The maximum absolute atomic E-state index is 12.1. The topological polar surface area (TPSA) is 72.7 Å². The summed E-state index contributed by atoms with van der Waals surface area (Å²) in [6.07, 6.45) is 6.78. The fraction of sp³-hybridized carbons (Fsp3) is 0.333. The highest BCUT2D eigenvalue weighted by Gasteiger charge is 2.16. The Hall–Kier alpha value is -2.67. The number of pyridine rings is 1. The van der Waals surface area contributed by atoms with Gasteiger partial charge in [-0.05, 0) is 24.1 Å². The van der Waals surface area contributed by atoms with Gasteiger partial charge < -0.3 is 5.32 Å². The predicted octanol–water partition coefficient (Wildman–Crippen LogP) is 3.79. The van der Waals surface area contributed by atoms with Crippen LogP contribution in [0.15, 0.2) is 60.0 Å². The van der Waals surface area contributed by atoms with E-state index in [2.05, 4.69) is 44.1 Å². The Labute approximate surface area is 169 Å². The number of rotatable bonds is 10. The molecule has 0 unspecified atom stereocenters. The fourth-order valence-electron chi connectivity index (χ4n) is 2.80. The first kappa shape index (κ1) is 20.1. The molecule has 0 spiro atoms. The lowest BCUT2D eigenvalue weighted by Gasteiger charge is -2.10. The molecule has 0 fully saturated rings. The van der Waals surface area contributed by atoms with Gasteiger partial charge in [0, 0.05) is 24.5 Å². The number of thioether (sulfide) groups is 1. The first-order valence-corrected chi connectivity index (χ1v) is 10.5. The van der Waals surface area contributed by atoms with Gasteiger partial charge in [0.2, 0.25) is 5.91 Å². The minimum absolute atomic E-state index is 0.0285. The monoisotopic (exact) mass is 395 g/mol. The smallest absolute Gasteiger partial charge is 0.230 e. The van der Waals surface area contributed by atoms with Gasteiger partial charge in [-0.3, -0.25) is 14.3 Å². The van der Waals surface area contributed by atoms with Gasteiger partial charge in [-0.15, -0.1) is 10.2 Å². The van der Waals surface area contributed by atoms with E-state index >= 15 is 0 Å². The Morgan fingerprint density at radius 2 is 1.86 bits per heavy atom. The number of carbonyl (C=O) groups is 1. The largest absolute Gasteiger partial charge is 0.355 e. The van der Waals surface area contributed by atoms with Gasteiger partial charge in [-0.25, -0.2) is 0 Å². The zero-order valence-electron chi connectivity index (χ0n) is 16.0. The van der Waals surface area contributed by atoms with Crippen LogP contribution in [0.25, 0.3) is 11.4 Å². The van der Waals surface area contributed by atoms with Crippen molar-refractivity contribution in [3.05, 3.63) is 60.4 Å². The number of benzene rings is 1. The van der Waals surface area contributed by atoms with Crippen molar-refractivity contribution in [1.82, 2.24) is 25.1 Å². The molecule has 0 aliphatic carbocycles. The Balaban J connectivity index is 1.73. The second-order valence-electron chi connectivity index (χ2n) is 6.46. The van der Waals surface area contributed by atoms with Gasteiger partial charge in [0.05, 0.1) is 12.3 Å². The maximum atomic E-state index is 12.1. The van der Waals surface area contributed by atoms with Gasteiger partial charge >= 0.3 is 0 Å². The molecule has 0 saturated carbocycles. The molecule has 0 atom stereocenters. The lowest BCUT2D eigenvalue weighted by molar-refractivity contribution is -0.118. The van der Waals surface area contributed by atoms with Crippen molar-refractivity contribution < 1.29 is 4.79 Å². The number of hydrogen-bond acceptors (Lipinski definition) is 5. The minimum Gasteiger partial charge on any atom is -0.355 e. The standard InChI is InChI=1S/C21H25N5OS/c1-2-3-7-12-23-19(27)16-28-21-25-24-20(18-10-13-22-14-11-18)26(21)15-17-8-5-4-6-9-17/h4-6,8-11,13-14H,2-3,7,12,15-16H2,1H3,(H,23,27). The van der Waals surface area contributed by atoms with E-state index in [0.717, 1.165) is 47.9 Å². The van der Waals surface area contributed by atoms with Crippen LogP contribution in [-0.4, -0.2) is 38.0 Å². The van der Waals surface area contributed by atoms with Gasteiger partial charge in [0.1, 0.15) is 0 Å². The summed E-state index contributed by atoms with van der Waals surface area (Å²) in [5.41, 5.74) is 2.11. The summed E-state index contributed by atoms with van der Waals surface area (Å²) >= 11 is 1.42. The molecule has 1 amide bonds. The van der Waals surface area contributed by atoms with Gasteiger partial charge in [-0.1, -0.05) is 61.9 Å². The molecule has 1 N–H and O–H groups in total. The maximum Gasteiger partial charge on any atom is 0.230 e. The number of unbranched alkanes of at least 4 members (excludes halogenated alkanes) is 2. The summed E-state index contributed by atoms with van der Waals surface area (Å²) in [6.45, 7) is 3.52. The SMILES string of the molecule is CCCCCNC(=O)CSc1nnc(-c2ccncc2)n1Cc1ccccc1. The molecule has 3 aromatic rings. The summed E-state index contributed by atoms with van der Waals surface area (Å²) < 4.78 is 2.06. The molecule has 2 heterocycles. The molecule has 28 heavy (non-hydrogen) atoms. The number of hydrogen-bond donors (Lipinski definition) is 1. The van der Waals surface area contributed by atoms with Crippen LogP contribution in [0.2, 0.25) is 0 Å². The van der Waals surface area contributed by atoms with Crippen LogP contribution >= 0.6 is 11.8 Å². The van der Waals surface area contributed by atoms with E-state index in [1.165, 1.54) is 11.8 Å². The first-order chi connectivity index (χ1) is 13.8. The van der Waals surface area contributed by atoms with Crippen LogP contribution in [0.5, 0.6) is 0 Å². The van der Waals surface area contributed by atoms with Gasteiger partial charge in [0.25, 0.3) is 0 Å². The number of amides is 1. The van der Waals surface area contributed by atoms with Crippen LogP contribution in [0.3, 0.4) is 0 Å². The Bertz CT molecular complexity index is 867. The molecule has 1 aromatic carbocycles. The van der Waals surface area contributed by atoms with E-state index in [0.29, 0.717) is 12.3 Å². The Kier molecular flexibility index (Phi) is 7.61. The van der Waals surface area contributed by atoms with Crippen molar-refractivity contribution in [2.75, 3.05) is 12.3 Å². The average molecular weight is 396 g/mol. The quantitative estimate of drug-likeness (QED) is 0.418. The second-order valence-corrected chi connectivity index (χ2v) is 7.40. The molecule has 0 bridgehead atoms. The van der Waals surface area contributed by atoms with Gasteiger partial charge in [0.15, 0.2) is 11.0 Å². The van der Waals surface area contributed by atoms with E-state index in [-0.39, 0.29) is 5.91 Å². The van der Waals surface area contributed by atoms with E-state index in [1.54, 1.807) is 12.4 Å². The normalized spacial score (nSPS) is 10.8. The third-order valence-corrected chi connectivity index (χ3v) is 5.24. The summed E-state index contributed by atoms with van der Waals surface area (Å²) in [4.78, 5) is 16.2. The van der Waals surface area contributed by atoms with E-state index in [9.17, 15) is 4.79 Å². The molecule has 0 aliphatic heterocycles. The van der Waals surface area contributed by atoms with Crippen LogP contribution in [0.4, 0.5) is 0 Å². The molecule has 0 aliphatic rings. The van der Waals surface area contributed by atoms with Crippen LogP contribution < -0.4 is 5.32 Å². The predicted molar refractivity (Wildman–Crippen MR) is 112 cm³/mol. The van der Waals surface area contributed by atoms with Gasteiger partial charge in [-0.2, -0.15) is 0 Å². The summed E-state index contributed by atoms with van der Waals surface area (Å²) in [5.74, 6) is 1.13. The molecule has 0 radical (unpaired) electrons. The molecular formula is C21H25N5OS. The van der Waals surface area contributed by atoms with Crippen molar-refractivity contribution in [2.45, 2.75) is 37.9 Å². The van der Waals surface area contributed by atoms with Crippen molar-refractivity contribution in [1.29, 1.82) is 0 Å². The highest BCUT2D eigenvalue weighted by Crippen LogP contribution is 2.24. The number of nitrogens with one attached hydrogen (secondary N) is 1. The average Bonchev–Trinajstić information content (AvgIpc) is 3.13. The third-order valence-electron chi connectivity index (χ3n) is 4.27. The van der Waals surface area contributed by atoms with E-state index in [4.69, 9.17) is 0 Å². The number of carbonyl (C=O) groups excluding carboxylic acids is 1. The molecule has 146 valence electrons. The Morgan fingerprint density at radius 1 is 1.07 bits per heavy atom. The molecule has 6 nitrogen and oxygen atoms in total. The highest BCUT2D eigenvalue weighted by molar-refractivity contribution is 7.99. The van der Waals surface area contributed by atoms with Crippen molar-refractivity contribution >= 4 is 17.7 Å². The summed E-state index contributed by atoms with van der Waals surface area (Å²) in [5, 5.41) is 12.4. The zero-order valence-corrected chi connectivity index (χ0v) is 16.9. The summed E-state index contributed by atoms with van der Waals surface area (Å²) in [6, 6.07) is 14.0. The van der Waals surface area contributed by atoms with Crippen LogP contribution in [-0.2, 0) is 11.3 Å². The second kappa shape index (κ2) is 10.6.